The molecule has 21 heavy (non-hydrogen) atoms. The summed E-state index contributed by atoms with van der Waals surface area (Å²) in [5.74, 6) is 0.343. The zero-order valence-corrected chi connectivity index (χ0v) is 13.9. The minimum atomic E-state index is -0.469. The topological polar surface area (TPSA) is 77.2 Å². The van der Waals surface area contributed by atoms with Crippen molar-refractivity contribution in [3.8, 4) is 0 Å². The van der Waals surface area contributed by atoms with Crippen LogP contribution in [0.4, 0.5) is 5.13 Å². The summed E-state index contributed by atoms with van der Waals surface area (Å²) in [6.07, 6.45) is 1.48. The zero-order chi connectivity index (χ0) is 15.5. The number of hydrogen-bond donors (Lipinski definition) is 1. The lowest BCUT2D eigenvalue weighted by Gasteiger charge is -2.18. The first kappa shape index (κ1) is 15.8. The summed E-state index contributed by atoms with van der Waals surface area (Å²) in [4.78, 5) is 11.5. The molecule has 0 radical (unpaired) electrons. The molecule has 0 aliphatic carbocycles. The number of esters is 1. The highest BCUT2D eigenvalue weighted by molar-refractivity contribution is 8.00. The number of carbonyl (C=O) groups excluding carboxylic acids is 1. The molecular formula is C13H17N3O3S2. The van der Waals surface area contributed by atoms with Crippen molar-refractivity contribution in [1.29, 1.82) is 0 Å². The molecule has 2 heterocycles. The Morgan fingerprint density at radius 3 is 2.90 bits per heavy atom. The first-order chi connectivity index (χ1) is 9.89. The second kappa shape index (κ2) is 6.48. The van der Waals surface area contributed by atoms with Gasteiger partial charge in [-0.3, -0.25) is 0 Å². The second-order valence-corrected chi connectivity index (χ2v) is 7.50. The van der Waals surface area contributed by atoms with Gasteiger partial charge in [0.2, 0.25) is 10.9 Å². The molecule has 0 fully saturated rings. The van der Waals surface area contributed by atoms with Gasteiger partial charge in [0.1, 0.15) is 0 Å². The Balaban J connectivity index is 1.98. The van der Waals surface area contributed by atoms with E-state index in [4.69, 9.17) is 4.42 Å². The van der Waals surface area contributed by atoms with E-state index in [-0.39, 0.29) is 11.3 Å². The van der Waals surface area contributed by atoms with Crippen molar-refractivity contribution >= 4 is 34.2 Å². The van der Waals surface area contributed by atoms with Gasteiger partial charge in [0.05, 0.1) is 13.4 Å². The number of anilines is 1. The number of thioether (sulfide) groups is 1. The number of carbonyl (C=O) groups is 1. The Kier molecular flexibility index (Phi) is 4.89. The quantitative estimate of drug-likeness (QED) is 0.666. The molecule has 8 heteroatoms. The molecule has 0 aliphatic heterocycles. The summed E-state index contributed by atoms with van der Waals surface area (Å²) in [7, 11) is 1.33. The number of methoxy groups -OCH3 is 1. The van der Waals surface area contributed by atoms with Crippen LogP contribution in [-0.2, 0) is 10.5 Å². The molecule has 6 nitrogen and oxygen atoms in total. The van der Waals surface area contributed by atoms with Crippen LogP contribution in [0, 0.1) is 0 Å². The molecule has 2 rings (SSSR count). The normalized spacial score (nSPS) is 11.4. The lowest BCUT2D eigenvalue weighted by molar-refractivity contribution is 0.0564. The predicted molar refractivity (Wildman–Crippen MR) is 82.9 cm³/mol. The fraction of sp³-hybridized carbons (Fsp3) is 0.462. The highest BCUT2D eigenvalue weighted by atomic mass is 32.2. The summed E-state index contributed by atoms with van der Waals surface area (Å²) < 4.78 is 10.6. The number of rotatable bonds is 5. The van der Waals surface area contributed by atoms with Crippen molar-refractivity contribution in [1.82, 2.24) is 10.2 Å². The molecule has 0 aromatic carbocycles. The Bertz CT molecular complexity index is 616. The Morgan fingerprint density at radius 2 is 2.24 bits per heavy atom. The molecule has 0 amide bonds. The van der Waals surface area contributed by atoms with Gasteiger partial charge in [-0.15, -0.1) is 10.2 Å². The van der Waals surface area contributed by atoms with E-state index >= 15 is 0 Å². The van der Waals surface area contributed by atoms with Gasteiger partial charge in [-0.25, -0.2) is 4.79 Å². The monoisotopic (exact) mass is 327 g/mol. The molecule has 0 atom stereocenters. The van der Waals surface area contributed by atoms with Crippen LogP contribution in [-0.4, -0.2) is 28.8 Å². The van der Waals surface area contributed by atoms with Gasteiger partial charge in [0.25, 0.3) is 0 Å². The van der Waals surface area contributed by atoms with Gasteiger partial charge in [-0.05, 0) is 26.8 Å². The molecule has 2 aromatic rings. The van der Waals surface area contributed by atoms with Crippen LogP contribution in [0.3, 0.4) is 0 Å². The van der Waals surface area contributed by atoms with E-state index in [1.807, 2.05) is 0 Å². The fourth-order valence-electron chi connectivity index (χ4n) is 1.50. The maximum Gasteiger partial charge on any atom is 0.374 e. The third-order valence-corrected chi connectivity index (χ3v) is 4.38. The Labute approximate surface area is 131 Å². The first-order valence-corrected chi connectivity index (χ1v) is 8.08. The van der Waals surface area contributed by atoms with Crippen molar-refractivity contribution in [3.63, 3.8) is 0 Å². The lowest BCUT2D eigenvalue weighted by atomic mass is 10.1. The smallest absolute Gasteiger partial charge is 0.374 e. The van der Waals surface area contributed by atoms with Gasteiger partial charge < -0.3 is 14.5 Å². The number of hydrogen-bond acceptors (Lipinski definition) is 8. The van der Waals surface area contributed by atoms with Crippen molar-refractivity contribution in [2.24, 2.45) is 0 Å². The molecule has 0 saturated heterocycles. The van der Waals surface area contributed by atoms with Crippen molar-refractivity contribution in [2.75, 3.05) is 12.4 Å². The number of aromatic nitrogens is 2. The van der Waals surface area contributed by atoms with E-state index in [2.05, 4.69) is 41.0 Å². The molecule has 0 bridgehead atoms. The Morgan fingerprint density at radius 1 is 1.48 bits per heavy atom. The Hall–Kier alpha value is -1.54. The van der Waals surface area contributed by atoms with Crippen LogP contribution in [0.5, 0.6) is 0 Å². The molecular weight excluding hydrogens is 310 g/mol. The van der Waals surface area contributed by atoms with Gasteiger partial charge in [-0.1, -0.05) is 23.1 Å². The van der Waals surface area contributed by atoms with Crippen LogP contribution in [0.1, 0.15) is 36.9 Å². The van der Waals surface area contributed by atoms with Gasteiger partial charge in [0, 0.05) is 16.9 Å². The maximum atomic E-state index is 11.5. The summed E-state index contributed by atoms with van der Waals surface area (Å²) >= 11 is 2.99. The van der Waals surface area contributed by atoms with E-state index in [0.717, 1.165) is 15.0 Å². The molecule has 2 aromatic heterocycles. The van der Waals surface area contributed by atoms with Crippen LogP contribution in [0.2, 0.25) is 0 Å². The molecule has 0 aliphatic rings. The minimum Gasteiger partial charge on any atom is -0.463 e. The number of nitrogens with zero attached hydrogens (tertiary/aromatic N) is 2. The molecule has 114 valence electrons. The SMILES string of the molecule is COC(=O)c1occc1CSc1nnc(NC(C)(C)C)s1. The average Bonchev–Trinajstić information content (AvgIpc) is 3.02. The number of nitrogens with one attached hydrogen (secondary N) is 1. The minimum absolute atomic E-state index is 0.0515. The van der Waals surface area contributed by atoms with Crippen LogP contribution >= 0.6 is 23.1 Å². The third kappa shape index (κ3) is 4.47. The van der Waals surface area contributed by atoms with Crippen molar-refractivity contribution < 1.29 is 13.9 Å². The molecule has 0 unspecified atom stereocenters. The number of furan rings is 1. The van der Waals surface area contributed by atoms with Gasteiger partial charge in [0.15, 0.2) is 4.34 Å². The third-order valence-electron chi connectivity index (χ3n) is 2.36. The molecule has 1 N–H and O–H groups in total. The lowest BCUT2D eigenvalue weighted by Crippen LogP contribution is -2.25. The largest absolute Gasteiger partial charge is 0.463 e. The number of ether oxygens (including phenoxy) is 1. The van der Waals surface area contributed by atoms with E-state index in [1.54, 1.807) is 6.07 Å². The summed E-state index contributed by atoms with van der Waals surface area (Å²) in [6, 6.07) is 1.76. The summed E-state index contributed by atoms with van der Waals surface area (Å²) in [6.45, 7) is 6.19. The van der Waals surface area contributed by atoms with Gasteiger partial charge >= 0.3 is 5.97 Å². The van der Waals surface area contributed by atoms with Crippen molar-refractivity contribution in [2.45, 2.75) is 36.4 Å². The fourth-order valence-corrected chi connectivity index (χ4v) is 3.44. The highest BCUT2D eigenvalue weighted by Crippen LogP contribution is 2.30. The van der Waals surface area contributed by atoms with Crippen LogP contribution < -0.4 is 5.32 Å². The van der Waals surface area contributed by atoms with Crippen LogP contribution in [0.15, 0.2) is 21.1 Å². The first-order valence-electron chi connectivity index (χ1n) is 6.28. The van der Waals surface area contributed by atoms with E-state index in [1.165, 1.54) is 36.5 Å². The van der Waals surface area contributed by atoms with Crippen LogP contribution in [0.25, 0.3) is 0 Å². The standard InChI is InChI=1S/C13H17N3O3S2/c1-13(2,3)14-11-15-16-12(21-11)20-7-8-5-6-19-9(8)10(17)18-4/h5-6H,7H2,1-4H3,(H,14,15). The van der Waals surface area contributed by atoms with E-state index in [9.17, 15) is 4.79 Å². The second-order valence-electron chi connectivity index (χ2n) is 5.30. The molecule has 0 saturated carbocycles. The zero-order valence-electron chi connectivity index (χ0n) is 12.3. The molecule has 0 spiro atoms. The summed E-state index contributed by atoms with van der Waals surface area (Å²) in [5, 5.41) is 12.3. The van der Waals surface area contributed by atoms with Gasteiger partial charge in [-0.2, -0.15) is 0 Å². The van der Waals surface area contributed by atoms with E-state index < -0.39 is 5.97 Å². The summed E-state index contributed by atoms with van der Waals surface area (Å²) in [5.41, 5.74) is 0.733. The average molecular weight is 327 g/mol. The highest BCUT2D eigenvalue weighted by Gasteiger charge is 2.17. The predicted octanol–water partition coefficient (Wildman–Crippen LogP) is 3.42. The van der Waals surface area contributed by atoms with Crippen molar-refractivity contribution in [3.05, 3.63) is 23.7 Å². The maximum absolute atomic E-state index is 11.5. The van der Waals surface area contributed by atoms with E-state index in [0.29, 0.717) is 5.75 Å².